The summed E-state index contributed by atoms with van der Waals surface area (Å²) in [5.41, 5.74) is 1.38. The molecule has 0 fully saturated rings. The molecule has 0 amide bonds. The summed E-state index contributed by atoms with van der Waals surface area (Å²) in [4.78, 5) is 11.4. The number of hydrogen-bond acceptors (Lipinski definition) is 5. The summed E-state index contributed by atoms with van der Waals surface area (Å²) in [6, 6.07) is 5.26. The largest absolute Gasteiger partial charge is 0.491 e. The third-order valence-corrected chi connectivity index (χ3v) is 2.97. The molecular weight excluding hydrogens is 294 g/mol. The molecule has 0 radical (unpaired) electrons. The monoisotopic (exact) mass is 315 g/mol. The molecule has 21 heavy (non-hydrogen) atoms. The lowest BCUT2D eigenvalue weighted by Crippen LogP contribution is -2.42. The number of β-amino-alcohol motifs (C(OH)–C–C–N with tert-alkyl or cyclic N) is 1. The molecule has 1 aliphatic rings. The topological polar surface area (TPSA) is 67.8 Å². The van der Waals surface area contributed by atoms with Crippen molar-refractivity contribution in [1.29, 1.82) is 0 Å². The number of carbonyl (C=O) groups is 1. The lowest BCUT2D eigenvalue weighted by atomic mass is 10.1. The number of hydrogen-bond donors (Lipinski definition) is 2. The second kappa shape index (κ2) is 7.11. The molecule has 0 saturated carbocycles. The predicted octanol–water partition coefficient (Wildman–Crippen LogP) is 1.91. The van der Waals surface area contributed by atoms with E-state index in [1.165, 1.54) is 0 Å². The predicted molar refractivity (Wildman–Crippen MR) is 82.1 cm³/mol. The fourth-order valence-electron chi connectivity index (χ4n) is 1.86. The van der Waals surface area contributed by atoms with Crippen LogP contribution in [0.15, 0.2) is 18.2 Å². The van der Waals surface area contributed by atoms with Crippen LogP contribution in [0.4, 0.5) is 0 Å². The summed E-state index contributed by atoms with van der Waals surface area (Å²) in [6.07, 6.45) is -0.602. The van der Waals surface area contributed by atoms with Crippen LogP contribution in [0.1, 0.15) is 36.7 Å². The van der Waals surface area contributed by atoms with E-state index >= 15 is 0 Å². The van der Waals surface area contributed by atoms with Gasteiger partial charge in [0.25, 0.3) is 0 Å². The first-order valence-electron chi connectivity index (χ1n) is 6.71. The molecule has 1 unspecified atom stereocenters. The van der Waals surface area contributed by atoms with E-state index in [4.69, 9.17) is 9.47 Å². The number of ether oxygens (including phenoxy) is 2. The number of rotatable bonds is 5. The van der Waals surface area contributed by atoms with Crippen molar-refractivity contribution < 1.29 is 19.4 Å². The van der Waals surface area contributed by atoms with Gasteiger partial charge in [0, 0.05) is 17.6 Å². The summed E-state index contributed by atoms with van der Waals surface area (Å²) in [6.45, 7) is 7.06. The highest BCUT2D eigenvalue weighted by Gasteiger charge is 2.21. The zero-order valence-corrected chi connectivity index (χ0v) is 13.3. The molecular formula is C15H22ClNO4. The van der Waals surface area contributed by atoms with Gasteiger partial charge >= 0.3 is 5.97 Å². The quantitative estimate of drug-likeness (QED) is 0.812. The Bertz CT molecular complexity index is 499. The Morgan fingerprint density at radius 1 is 1.43 bits per heavy atom. The molecule has 0 spiro atoms. The van der Waals surface area contributed by atoms with Gasteiger partial charge in [0.15, 0.2) is 0 Å². The maximum absolute atomic E-state index is 11.4. The Hall–Kier alpha value is -1.30. The van der Waals surface area contributed by atoms with Crippen LogP contribution in [0, 0.1) is 0 Å². The van der Waals surface area contributed by atoms with Crippen LogP contribution in [0.25, 0.3) is 0 Å². The Morgan fingerprint density at radius 3 is 2.81 bits per heavy atom. The fraction of sp³-hybridized carbons (Fsp3) is 0.533. The van der Waals surface area contributed by atoms with Crippen molar-refractivity contribution in [1.82, 2.24) is 5.32 Å². The molecule has 6 heteroatoms. The lowest BCUT2D eigenvalue weighted by molar-refractivity contribution is 0.0534. The maximum Gasteiger partial charge on any atom is 0.339 e. The van der Waals surface area contributed by atoms with E-state index in [1.807, 2.05) is 26.8 Å². The van der Waals surface area contributed by atoms with E-state index in [-0.39, 0.29) is 30.5 Å². The SMILES string of the molecule is CC(C)(C)NCC(O)COc1ccc2c(c1)C(=O)OC2.Cl. The minimum Gasteiger partial charge on any atom is -0.491 e. The first-order valence-corrected chi connectivity index (χ1v) is 6.71. The summed E-state index contributed by atoms with van der Waals surface area (Å²) >= 11 is 0. The molecule has 2 N–H and O–H groups in total. The minimum absolute atomic E-state index is 0. The maximum atomic E-state index is 11.4. The fourth-order valence-corrected chi connectivity index (χ4v) is 1.86. The number of aliphatic hydroxyl groups excluding tert-OH is 1. The van der Waals surface area contributed by atoms with Crippen LogP contribution in [-0.2, 0) is 11.3 Å². The molecule has 1 heterocycles. The second-order valence-corrected chi connectivity index (χ2v) is 5.99. The molecule has 0 saturated heterocycles. The highest BCUT2D eigenvalue weighted by molar-refractivity contribution is 5.93. The van der Waals surface area contributed by atoms with Gasteiger partial charge in [-0.05, 0) is 32.9 Å². The number of nitrogens with one attached hydrogen (secondary N) is 1. The van der Waals surface area contributed by atoms with Crippen molar-refractivity contribution >= 4 is 18.4 Å². The van der Waals surface area contributed by atoms with Crippen LogP contribution >= 0.6 is 12.4 Å². The van der Waals surface area contributed by atoms with Crippen molar-refractivity contribution in [3.63, 3.8) is 0 Å². The molecule has 5 nitrogen and oxygen atoms in total. The number of cyclic esters (lactones) is 1. The Kier molecular flexibility index (Phi) is 6.01. The van der Waals surface area contributed by atoms with Gasteiger partial charge in [-0.15, -0.1) is 12.4 Å². The van der Waals surface area contributed by atoms with Gasteiger partial charge in [0.1, 0.15) is 25.1 Å². The highest BCUT2D eigenvalue weighted by atomic mass is 35.5. The number of carbonyl (C=O) groups excluding carboxylic acids is 1. The van der Waals surface area contributed by atoms with E-state index < -0.39 is 6.10 Å². The highest BCUT2D eigenvalue weighted by Crippen LogP contribution is 2.24. The number of benzene rings is 1. The van der Waals surface area contributed by atoms with E-state index in [0.29, 0.717) is 24.5 Å². The first-order chi connectivity index (χ1) is 9.35. The molecule has 2 rings (SSSR count). The Morgan fingerprint density at radius 2 is 2.14 bits per heavy atom. The van der Waals surface area contributed by atoms with Gasteiger partial charge < -0.3 is 19.9 Å². The average molecular weight is 316 g/mol. The van der Waals surface area contributed by atoms with Gasteiger partial charge in [-0.25, -0.2) is 4.79 Å². The van der Waals surface area contributed by atoms with Gasteiger partial charge in [-0.1, -0.05) is 6.07 Å². The molecule has 1 aromatic rings. The van der Waals surface area contributed by atoms with Crippen molar-refractivity contribution in [2.45, 2.75) is 39.0 Å². The Balaban J connectivity index is 0.00000220. The summed E-state index contributed by atoms with van der Waals surface area (Å²) in [5.74, 6) is 0.248. The molecule has 1 aliphatic heterocycles. The van der Waals surface area contributed by atoms with Gasteiger partial charge in [0.2, 0.25) is 0 Å². The van der Waals surface area contributed by atoms with Gasteiger partial charge in [-0.2, -0.15) is 0 Å². The summed E-state index contributed by atoms with van der Waals surface area (Å²) in [5, 5.41) is 13.0. The molecule has 0 aromatic heterocycles. The van der Waals surface area contributed by atoms with E-state index in [9.17, 15) is 9.90 Å². The smallest absolute Gasteiger partial charge is 0.339 e. The van der Waals surface area contributed by atoms with Crippen LogP contribution in [-0.4, -0.2) is 35.9 Å². The minimum atomic E-state index is -0.602. The molecule has 0 bridgehead atoms. The molecule has 0 aliphatic carbocycles. The van der Waals surface area contributed by atoms with E-state index in [1.54, 1.807) is 12.1 Å². The Labute approximate surface area is 131 Å². The standard InChI is InChI=1S/C15H21NO4.ClH/c1-15(2,3)16-7-11(17)9-19-12-5-4-10-8-20-14(18)13(10)6-12;/h4-6,11,16-17H,7-9H2,1-3H3;1H. The van der Waals surface area contributed by atoms with Crippen molar-refractivity contribution in [2.24, 2.45) is 0 Å². The van der Waals surface area contributed by atoms with Gasteiger partial charge in [0.05, 0.1) is 5.56 Å². The second-order valence-electron chi connectivity index (χ2n) is 5.99. The van der Waals surface area contributed by atoms with Crippen LogP contribution < -0.4 is 10.1 Å². The van der Waals surface area contributed by atoms with Crippen molar-refractivity contribution in [2.75, 3.05) is 13.2 Å². The number of esters is 1. The van der Waals surface area contributed by atoms with Crippen LogP contribution in [0.3, 0.4) is 0 Å². The molecule has 118 valence electrons. The van der Waals surface area contributed by atoms with Crippen LogP contribution in [0.2, 0.25) is 0 Å². The lowest BCUT2D eigenvalue weighted by Gasteiger charge is -2.23. The first kappa shape index (κ1) is 17.8. The van der Waals surface area contributed by atoms with E-state index in [2.05, 4.69) is 5.32 Å². The van der Waals surface area contributed by atoms with Crippen molar-refractivity contribution in [3.8, 4) is 5.75 Å². The summed E-state index contributed by atoms with van der Waals surface area (Å²) in [7, 11) is 0. The normalized spacial score (nSPS) is 15.0. The number of fused-ring (bicyclic) bond motifs is 1. The van der Waals surface area contributed by atoms with Crippen LogP contribution in [0.5, 0.6) is 5.75 Å². The summed E-state index contributed by atoms with van der Waals surface area (Å²) < 4.78 is 10.4. The third-order valence-electron chi connectivity index (χ3n) is 2.97. The average Bonchev–Trinajstić information content (AvgIpc) is 2.75. The number of halogens is 1. The third kappa shape index (κ3) is 5.19. The zero-order valence-electron chi connectivity index (χ0n) is 12.5. The van der Waals surface area contributed by atoms with E-state index in [0.717, 1.165) is 5.56 Å². The van der Waals surface area contributed by atoms with Crippen molar-refractivity contribution in [3.05, 3.63) is 29.3 Å². The molecule has 1 atom stereocenters. The number of aliphatic hydroxyl groups is 1. The van der Waals surface area contributed by atoms with Gasteiger partial charge in [-0.3, -0.25) is 0 Å². The molecule has 1 aromatic carbocycles. The zero-order chi connectivity index (χ0) is 14.8.